The number of rotatable bonds is 4. The quantitative estimate of drug-likeness (QED) is 0.190. The number of oxazole rings is 1. The van der Waals surface area contributed by atoms with Crippen LogP contribution in [0.4, 0.5) is 23.2 Å². The van der Waals surface area contributed by atoms with Crippen LogP contribution in [0.1, 0.15) is 15.9 Å². The minimum absolute atomic E-state index is 0.177. The minimum Gasteiger partial charge on any atom is -0.491 e. The third-order valence-corrected chi connectivity index (χ3v) is 5.42. The fraction of sp³-hybridized carbons (Fsp3) is 0.0870. The van der Waals surface area contributed by atoms with Gasteiger partial charge in [-0.25, -0.2) is 13.8 Å². The Hall–Kier alpha value is -3.70. The average molecular weight is 524 g/mol. The number of carbonyl (C=O) groups is 1. The Bertz CT molecular complexity index is 1480. The van der Waals surface area contributed by atoms with Gasteiger partial charge in [0, 0.05) is 5.56 Å². The number of aromatic nitrogens is 1. The highest BCUT2D eigenvalue weighted by atomic mass is 35.5. The van der Waals surface area contributed by atoms with Crippen LogP contribution in [-0.4, -0.2) is 23.1 Å². The van der Waals surface area contributed by atoms with Gasteiger partial charge in [-0.15, -0.1) is 0 Å². The molecule has 0 atom stereocenters. The van der Waals surface area contributed by atoms with Crippen LogP contribution in [0, 0.1) is 30.2 Å². The zero-order valence-electron chi connectivity index (χ0n) is 17.9. The molecule has 0 aliphatic heterocycles. The Morgan fingerprint density at radius 3 is 2.40 bits per heavy atom. The molecule has 0 aliphatic rings. The number of methoxy groups -OCH3 is 1. The third kappa shape index (κ3) is 4.64. The Labute approximate surface area is 205 Å². The number of fused-ring (bicyclic) bond motifs is 1. The van der Waals surface area contributed by atoms with Gasteiger partial charge in [-0.2, -0.15) is 8.78 Å². The highest BCUT2D eigenvalue weighted by Gasteiger charge is 2.30. The molecular weight excluding hydrogens is 510 g/mol. The first-order valence-corrected chi connectivity index (χ1v) is 10.6. The summed E-state index contributed by atoms with van der Waals surface area (Å²) in [6, 6.07) is 10.2. The van der Waals surface area contributed by atoms with E-state index in [0.717, 1.165) is 12.7 Å². The van der Waals surface area contributed by atoms with Crippen molar-refractivity contribution in [1.29, 1.82) is 0 Å². The number of ether oxygens (including phenoxy) is 1. The minimum atomic E-state index is -1.94. The molecule has 0 saturated heterocycles. The van der Waals surface area contributed by atoms with E-state index in [1.165, 1.54) is 12.1 Å². The Morgan fingerprint density at radius 2 is 1.74 bits per heavy atom. The number of hydrogen-bond donors (Lipinski definition) is 2. The molecule has 0 spiro atoms. The molecule has 4 rings (SSSR count). The zero-order chi connectivity index (χ0) is 25.4. The standard InChI is InChI=1S/C23H14ClF4N3O3S/c1-9-3-6-12-14(7-9)34-22(29-12)10-4-5-11(24)13(8-10)30-23(35)31-21(32)15-16(25)18(27)20(33-2)19(28)17(15)26/h3-8H,1-2H3,(H2,30,31,32,35). The van der Waals surface area contributed by atoms with Crippen molar-refractivity contribution in [3.8, 4) is 17.2 Å². The monoisotopic (exact) mass is 523 g/mol. The second-order valence-corrected chi connectivity index (χ2v) is 8.07. The van der Waals surface area contributed by atoms with E-state index in [2.05, 4.69) is 15.0 Å². The van der Waals surface area contributed by atoms with Crippen molar-refractivity contribution in [1.82, 2.24) is 10.3 Å². The molecule has 35 heavy (non-hydrogen) atoms. The van der Waals surface area contributed by atoms with Crippen LogP contribution in [0.3, 0.4) is 0 Å². The summed E-state index contributed by atoms with van der Waals surface area (Å²) in [5, 5.41) is 4.29. The maximum Gasteiger partial charge on any atom is 0.263 e. The number of thiocarbonyl (C=S) groups is 1. The maximum atomic E-state index is 14.2. The summed E-state index contributed by atoms with van der Waals surface area (Å²) in [7, 11) is 0.818. The fourth-order valence-electron chi connectivity index (χ4n) is 3.22. The number of anilines is 1. The number of amides is 1. The second-order valence-electron chi connectivity index (χ2n) is 7.26. The van der Waals surface area contributed by atoms with Crippen molar-refractivity contribution < 1.29 is 31.5 Å². The van der Waals surface area contributed by atoms with Gasteiger partial charge in [0.05, 0.1) is 17.8 Å². The zero-order valence-corrected chi connectivity index (χ0v) is 19.5. The molecule has 12 heteroatoms. The third-order valence-electron chi connectivity index (χ3n) is 4.89. The molecule has 1 aromatic heterocycles. The molecule has 0 bridgehead atoms. The summed E-state index contributed by atoms with van der Waals surface area (Å²) in [5.41, 5.74) is 1.41. The SMILES string of the molecule is COc1c(F)c(F)c(C(=O)NC(=S)Nc2cc(-c3nc4ccc(C)cc4o3)ccc2Cl)c(F)c1F. The number of hydrogen-bond acceptors (Lipinski definition) is 5. The van der Waals surface area contributed by atoms with Crippen LogP contribution in [0.15, 0.2) is 40.8 Å². The molecule has 1 heterocycles. The van der Waals surface area contributed by atoms with Gasteiger partial charge < -0.3 is 14.5 Å². The number of aryl methyl sites for hydroxylation is 1. The largest absolute Gasteiger partial charge is 0.491 e. The molecule has 0 aliphatic carbocycles. The first-order chi connectivity index (χ1) is 16.6. The van der Waals surface area contributed by atoms with Crippen molar-refractivity contribution in [2.75, 3.05) is 12.4 Å². The van der Waals surface area contributed by atoms with Crippen molar-refractivity contribution in [3.05, 3.63) is 75.8 Å². The number of benzene rings is 3. The van der Waals surface area contributed by atoms with Crippen molar-refractivity contribution >= 4 is 51.6 Å². The molecule has 0 unspecified atom stereocenters. The van der Waals surface area contributed by atoms with E-state index < -0.39 is 45.6 Å². The predicted octanol–water partition coefficient (Wildman–Crippen LogP) is 6.15. The number of nitrogens with zero attached hydrogens (tertiary/aromatic N) is 1. The van der Waals surface area contributed by atoms with Crippen LogP contribution in [-0.2, 0) is 0 Å². The fourth-order valence-corrected chi connectivity index (χ4v) is 3.59. The van der Waals surface area contributed by atoms with E-state index in [-0.39, 0.29) is 16.6 Å². The van der Waals surface area contributed by atoms with Crippen LogP contribution in [0.2, 0.25) is 5.02 Å². The molecule has 0 saturated carbocycles. The van der Waals surface area contributed by atoms with Gasteiger partial charge in [-0.05, 0) is 55.0 Å². The van der Waals surface area contributed by atoms with Gasteiger partial charge in [-0.1, -0.05) is 17.7 Å². The average Bonchev–Trinajstić information content (AvgIpc) is 3.23. The number of carbonyl (C=O) groups excluding carboxylic acids is 1. The smallest absolute Gasteiger partial charge is 0.263 e. The molecule has 2 N–H and O–H groups in total. The molecule has 3 aromatic carbocycles. The summed E-state index contributed by atoms with van der Waals surface area (Å²) in [6.07, 6.45) is 0. The Balaban J connectivity index is 1.57. The van der Waals surface area contributed by atoms with Gasteiger partial charge in [0.1, 0.15) is 11.1 Å². The van der Waals surface area contributed by atoms with E-state index >= 15 is 0 Å². The lowest BCUT2D eigenvalue weighted by molar-refractivity contribution is 0.0966. The predicted molar refractivity (Wildman–Crippen MR) is 126 cm³/mol. The molecule has 6 nitrogen and oxygen atoms in total. The van der Waals surface area contributed by atoms with Crippen molar-refractivity contribution in [2.24, 2.45) is 0 Å². The Kier molecular flexibility index (Phi) is 6.64. The van der Waals surface area contributed by atoms with E-state index in [0.29, 0.717) is 16.7 Å². The van der Waals surface area contributed by atoms with Gasteiger partial charge >= 0.3 is 0 Å². The number of nitrogens with one attached hydrogen (secondary N) is 2. The van der Waals surface area contributed by atoms with Crippen molar-refractivity contribution in [2.45, 2.75) is 6.92 Å². The van der Waals surface area contributed by atoms with Crippen LogP contribution in [0.5, 0.6) is 5.75 Å². The number of halogens is 5. The van der Waals surface area contributed by atoms with E-state index in [9.17, 15) is 22.4 Å². The summed E-state index contributed by atoms with van der Waals surface area (Å²) < 4.78 is 66.4. The lowest BCUT2D eigenvalue weighted by Gasteiger charge is -2.13. The van der Waals surface area contributed by atoms with Crippen LogP contribution in [0.25, 0.3) is 22.6 Å². The first kappa shape index (κ1) is 24.4. The summed E-state index contributed by atoms with van der Waals surface area (Å²) in [4.78, 5) is 16.7. The van der Waals surface area contributed by atoms with Crippen LogP contribution < -0.4 is 15.4 Å². The highest BCUT2D eigenvalue weighted by molar-refractivity contribution is 7.80. The Morgan fingerprint density at radius 1 is 1.06 bits per heavy atom. The molecule has 180 valence electrons. The van der Waals surface area contributed by atoms with Gasteiger partial charge in [0.25, 0.3) is 5.91 Å². The molecule has 0 radical (unpaired) electrons. The normalized spacial score (nSPS) is 10.9. The lowest BCUT2D eigenvalue weighted by Crippen LogP contribution is -2.35. The maximum absolute atomic E-state index is 14.2. The van der Waals surface area contributed by atoms with E-state index in [4.69, 9.17) is 28.2 Å². The van der Waals surface area contributed by atoms with Crippen molar-refractivity contribution in [3.63, 3.8) is 0 Å². The summed E-state index contributed by atoms with van der Waals surface area (Å²) in [5.74, 6) is -10.1. The van der Waals surface area contributed by atoms with Gasteiger partial charge in [0.2, 0.25) is 17.5 Å². The van der Waals surface area contributed by atoms with E-state index in [1.54, 1.807) is 12.1 Å². The van der Waals surface area contributed by atoms with E-state index in [1.807, 2.05) is 24.4 Å². The molecule has 4 aromatic rings. The lowest BCUT2D eigenvalue weighted by atomic mass is 10.1. The molecule has 1 amide bonds. The summed E-state index contributed by atoms with van der Waals surface area (Å²) >= 11 is 11.2. The van der Waals surface area contributed by atoms with Gasteiger partial charge in [-0.3, -0.25) is 10.1 Å². The van der Waals surface area contributed by atoms with Crippen LogP contribution >= 0.6 is 23.8 Å². The molecule has 0 fully saturated rings. The first-order valence-electron chi connectivity index (χ1n) is 9.80. The molecular formula is C23H14ClF4N3O3S. The second kappa shape index (κ2) is 9.51. The summed E-state index contributed by atoms with van der Waals surface area (Å²) in [6.45, 7) is 1.91. The highest BCUT2D eigenvalue weighted by Crippen LogP contribution is 2.32. The topological polar surface area (TPSA) is 76.4 Å². The van der Waals surface area contributed by atoms with Gasteiger partial charge in [0.15, 0.2) is 28.1 Å².